The van der Waals surface area contributed by atoms with Gasteiger partial charge in [0.15, 0.2) is 0 Å². The third-order valence-electron chi connectivity index (χ3n) is 3.75. The third-order valence-corrected chi connectivity index (χ3v) is 7.15. The number of carbonyl (C=O) groups excluding carboxylic acids is 1. The summed E-state index contributed by atoms with van der Waals surface area (Å²) < 4.78 is 19.7. The number of benzene rings is 2. The summed E-state index contributed by atoms with van der Waals surface area (Å²) in [5.74, 6) is -0.741. The summed E-state index contributed by atoms with van der Waals surface area (Å²) in [5, 5.41) is 1.73. The zero-order valence-corrected chi connectivity index (χ0v) is 15.7. The molecule has 0 aliphatic rings. The zero-order valence-electron chi connectivity index (χ0n) is 13.3. The average Bonchev–Trinajstić information content (AvgIpc) is 2.94. The van der Waals surface area contributed by atoms with Crippen LogP contribution in [0, 0.1) is 0 Å². The third kappa shape index (κ3) is 3.09. The fourth-order valence-corrected chi connectivity index (χ4v) is 5.88. The summed E-state index contributed by atoms with van der Waals surface area (Å²) in [5.41, 5.74) is 6.12. The molecule has 1 heterocycles. The Bertz CT molecular complexity index is 1020. The maximum Gasteiger partial charge on any atom is 0.266 e. The van der Waals surface area contributed by atoms with Crippen LogP contribution in [-0.4, -0.2) is 17.5 Å². The van der Waals surface area contributed by atoms with Gasteiger partial charge in [-0.2, -0.15) is 0 Å². The Morgan fingerprint density at radius 1 is 1.24 bits per heavy atom. The Kier molecular flexibility index (Phi) is 4.94. The zero-order chi connectivity index (χ0) is 18.2. The standard InChI is InChI=1S/C17H15Cl2N2O3P/c1-2-24-25(23,14-6-4-3-5-12(14)19)16-11-9-10(18)7-8-13(11)21-15(16)17(20)22/h3-9,21H,2H2,1H3,(H2,20,22). The fourth-order valence-electron chi connectivity index (χ4n) is 2.76. The topological polar surface area (TPSA) is 85.2 Å². The molecule has 1 atom stereocenters. The number of carbonyl (C=O) groups is 1. The van der Waals surface area contributed by atoms with Crippen molar-refractivity contribution < 1.29 is 13.9 Å². The van der Waals surface area contributed by atoms with Crippen LogP contribution >= 0.6 is 30.6 Å². The summed E-state index contributed by atoms with van der Waals surface area (Å²) in [7, 11) is -3.69. The normalized spacial score (nSPS) is 13.7. The first-order chi connectivity index (χ1) is 11.9. The van der Waals surface area contributed by atoms with Crippen LogP contribution in [0.4, 0.5) is 0 Å². The maximum absolute atomic E-state index is 14.0. The van der Waals surface area contributed by atoms with Crippen LogP contribution in [0.2, 0.25) is 10.0 Å². The lowest BCUT2D eigenvalue weighted by atomic mass is 10.2. The predicted octanol–water partition coefficient (Wildman–Crippen LogP) is 3.84. The van der Waals surface area contributed by atoms with E-state index < -0.39 is 13.3 Å². The second-order valence-electron chi connectivity index (χ2n) is 5.32. The molecule has 8 heteroatoms. The highest BCUT2D eigenvalue weighted by Crippen LogP contribution is 2.49. The van der Waals surface area contributed by atoms with Crippen LogP contribution in [0.1, 0.15) is 17.4 Å². The molecule has 25 heavy (non-hydrogen) atoms. The predicted molar refractivity (Wildman–Crippen MR) is 102 cm³/mol. The van der Waals surface area contributed by atoms with E-state index in [1.165, 1.54) is 0 Å². The van der Waals surface area contributed by atoms with Crippen LogP contribution in [0.25, 0.3) is 10.9 Å². The summed E-state index contributed by atoms with van der Waals surface area (Å²) in [6.07, 6.45) is 0. The van der Waals surface area contributed by atoms with E-state index >= 15 is 0 Å². The van der Waals surface area contributed by atoms with Gasteiger partial charge in [-0.15, -0.1) is 0 Å². The van der Waals surface area contributed by atoms with Gasteiger partial charge in [0.1, 0.15) is 5.69 Å². The van der Waals surface area contributed by atoms with Crippen LogP contribution in [-0.2, 0) is 9.09 Å². The Labute approximate surface area is 154 Å². The van der Waals surface area contributed by atoms with E-state index in [2.05, 4.69) is 4.98 Å². The molecule has 0 spiro atoms. The smallest absolute Gasteiger partial charge is 0.266 e. The highest BCUT2D eigenvalue weighted by molar-refractivity contribution is 7.75. The molecule has 0 aliphatic heterocycles. The van der Waals surface area contributed by atoms with Crippen molar-refractivity contribution in [2.45, 2.75) is 6.92 Å². The van der Waals surface area contributed by atoms with E-state index in [4.69, 9.17) is 33.5 Å². The number of nitrogens with one attached hydrogen (secondary N) is 1. The molecule has 0 saturated heterocycles. The molecule has 0 aliphatic carbocycles. The molecule has 0 bridgehead atoms. The van der Waals surface area contributed by atoms with Crippen molar-refractivity contribution >= 4 is 58.0 Å². The lowest BCUT2D eigenvalue weighted by Gasteiger charge is -2.20. The van der Waals surface area contributed by atoms with Crippen molar-refractivity contribution in [1.29, 1.82) is 0 Å². The van der Waals surface area contributed by atoms with E-state index in [-0.39, 0.29) is 22.6 Å². The molecular weight excluding hydrogens is 382 g/mol. The molecular formula is C17H15Cl2N2O3P. The summed E-state index contributed by atoms with van der Waals surface area (Å²) >= 11 is 12.4. The van der Waals surface area contributed by atoms with Crippen LogP contribution in [0.15, 0.2) is 42.5 Å². The van der Waals surface area contributed by atoms with Gasteiger partial charge in [-0.25, -0.2) is 0 Å². The van der Waals surface area contributed by atoms with Crippen molar-refractivity contribution in [3.05, 3.63) is 58.2 Å². The average molecular weight is 397 g/mol. The van der Waals surface area contributed by atoms with Crippen LogP contribution in [0.3, 0.4) is 0 Å². The van der Waals surface area contributed by atoms with Crippen LogP contribution < -0.4 is 16.3 Å². The van der Waals surface area contributed by atoms with Gasteiger partial charge in [-0.1, -0.05) is 35.3 Å². The molecule has 0 fully saturated rings. The molecule has 1 unspecified atom stereocenters. The molecule has 0 radical (unpaired) electrons. The van der Waals surface area contributed by atoms with Crippen molar-refractivity contribution in [2.75, 3.05) is 6.61 Å². The van der Waals surface area contributed by atoms with E-state index in [0.29, 0.717) is 21.2 Å². The van der Waals surface area contributed by atoms with Gasteiger partial charge < -0.3 is 15.2 Å². The van der Waals surface area contributed by atoms with Gasteiger partial charge in [-0.05, 0) is 37.3 Å². The minimum absolute atomic E-state index is 0.0222. The van der Waals surface area contributed by atoms with Crippen molar-refractivity contribution in [1.82, 2.24) is 4.98 Å². The van der Waals surface area contributed by atoms with Gasteiger partial charge in [0.05, 0.1) is 22.2 Å². The number of hydrogen-bond acceptors (Lipinski definition) is 3. The first-order valence-corrected chi connectivity index (χ1v) is 9.87. The monoisotopic (exact) mass is 396 g/mol. The number of primary amides is 1. The van der Waals surface area contributed by atoms with E-state index in [0.717, 1.165) is 0 Å². The molecule has 2 aromatic carbocycles. The van der Waals surface area contributed by atoms with Crippen LogP contribution in [0.5, 0.6) is 0 Å². The number of aromatic nitrogens is 1. The second-order valence-corrected chi connectivity index (χ2v) is 8.46. The quantitative estimate of drug-likeness (QED) is 0.642. The summed E-state index contributed by atoms with van der Waals surface area (Å²) in [6, 6.07) is 11.6. The van der Waals surface area contributed by atoms with Gasteiger partial charge in [0.25, 0.3) is 13.3 Å². The summed E-state index contributed by atoms with van der Waals surface area (Å²) in [6.45, 7) is 1.88. The minimum Gasteiger partial charge on any atom is -0.364 e. The van der Waals surface area contributed by atoms with Crippen molar-refractivity contribution in [3.63, 3.8) is 0 Å². The number of aromatic amines is 1. The van der Waals surface area contributed by atoms with Crippen molar-refractivity contribution in [3.8, 4) is 0 Å². The molecule has 3 N–H and O–H groups in total. The molecule has 1 amide bonds. The fraction of sp³-hybridized carbons (Fsp3) is 0.118. The highest BCUT2D eigenvalue weighted by Gasteiger charge is 2.37. The first kappa shape index (κ1) is 18.0. The number of H-pyrrole nitrogens is 1. The Balaban J connectivity index is 2.43. The minimum atomic E-state index is -3.69. The number of fused-ring (bicyclic) bond motifs is 1. The SMILES string of the molecule is CCOP(=O)(c1ccccc1Cl)c1c(C(N)=O)[nH]c2ccc(Cl)cc12. The van der Waals surface area contributed by atoms with Crippen molar-refractivity contribution in [2.24, 2.45) is 5.73 Å². The van der Waals surface area contributed by atoms with Gasteiger partial charge in [-0.3, -0.25) is 9.36 Å². The first-order valence-electron chi connectivity index (χ1n) is 7.49. The van der Waals surface area contributed by atoms with Gasteiger partial charge >= 0.3 is 0 Å². The van der Waals surface area contributed by atoms with E-state index in [9.17, 15) is 9.36 Å². The maximum atomic E-state index is 14.0. The Morgan fingerprint density at radius 3 is 2.60 bits per heavy atom. The number of amides is 1. The lowest BCUT2D eigenvalue weighted by molar-refractivity contribution is 0.0997. The number of nitrogens with two attached hydrogens (primary N) is 1. The highest BCUT2D eigenvalue weighted by atomic mass is 35.5. The Morgan fingerprint density at radius 2 is 1.96 bits per heavy atom. The number of hydrogen-bond donors (Lipinski definition) is 2. The molecule has 0 saturated carbocycles. The molecule has 1 aromatic heterocycles. The van der Waals surface area contributed by atoms with E-state index in [1.54, 1.807) is 49.4 Å². The summed E-state index contributed by atoms with van der Waals surface area (Å²) in [4.78, 5) is 14.9. The number of rotatable bonds is 5. The van der Waals surface area contributed by atoms with Gasteiger partial charge in [0.2, 0.25) is 0 Å². The lowest BCUT2D eigenvalue weighted by Crippen LogP contribution is -2.26. The molecule has 130 valence electrons. The largest absolute Gasteiger partial charge is 0.364 e. The number of halogens is 2. The van der Waals surface area contributed by atoms with Gasteiger partial charge in [0, 0.05) is 15.9 Å². The van der Waals surface area contributed by atoms with E-state index in [1.807, 2.05) is 0 Å². The molecule has 3 aromatic rings. The molecule has 3 rings (SSSR count). The Hall–Kier alpha value is -1.78. The second kappa shape index (κ2) is 6.85. The molecule has 5 nitrogen and oxygen atoms in total.